The number of rotatable bonds is 0. The molecular weight excluding hydrogens is 94.0 g/mol. The predicted molar refractivity (Wildman–Crippen MR) is 29.2 cm³/mol. The zero-order valence-electron chi connectivity index (χ0n) is 4.57. The third-order valence-corrected chi connectivity index (χ3v) is 0.707. The summed E-state index contributed by atoms with van der Waals surface area (Å²) >= 11 is 0. The lowest BCUT2D eigenvalue weighted by molar-refractivity contribution is 0.399. The van der Waals surface area contributed by atoms with Crippen LogP contribution in [0.1, 0.15) is 6.42 Å². The fourth-order valence-corrected chi connectivity index (χ4v) is 0.177. The maximum atomic E-state index is 7.00. The second kappa shape index (κ2) is 9.30. The molecule has 4 N–H and O–H groups in total. The summed E-state index contributed by atoms with van der Waals surface area (Å²) in [5.41, 5.74) is 0. The highest BCUT2D eigenvalue weighted by Gasteiger charge is 1.92. The summed E-state index contributed by atoms with van der Waals surface area (Å²) in [5, 5.41) is 10.1. The predicted octanol–water partition coefficient (Wildman–Crippen LogP) is -1.24. The van der Waals surface area contributed by atoms with Crippen LogP contribution in [-0.4, -0.2) is 30.8 Å². The molecule has 1 fully saturated rings. The van der Waals surface area contributed by atoms with Gasteiger partial charge in [0.1, 0.15) is 0 Å². The summed E-state index contributed by atoms with van der Waals surface area (Å²) in [6.45, 7) is 2.50. The Labute approximate surface area is 43.7 Å². The second-order valence-electron chi connectivity index (χ2n) is 1.10. The summed E-state index contributed by atoms with van der Waals surface area (Å²) < 4.78 is 0. The van der Waals surface area contributed by atoms with Crippen molar-refractivity contribution in [2.24, 2.45) is 0 Å². The molecule has 3 heteroatoms. The minimum atomic E-state index is 0. The van der Waals surface area contributed by atoms with Crippen LogP contribution in [-0.2, 0) is 0 Å². The molecule has 1 aliphatic heterocycles. The van der Waals surface area contributed by atoms with Gasteiger partial charge in [-0.1, -0.05) is 0 Å². The first-order valence-corrected chi connectivity index (χ1v) is 2.15. The molecule has 1 aliphatic rings. The highest BCUT2D eigenvalue weighted by Crippen LogP contribution is 1.80. The van der Waals surface area contributed by atoms with Crippen molar-refractivity contribution in [3.63, 3.8) is 0 Å². The van der Waals surface area contributed by atoms with Crippen molar-refractivity contribution in [1.29, 1.82) is 0 Å². The van der Waals surface area contributed by atoms with E-state index in [1.54, 1.807) is 0 Å². The van der Waals surface area contributed by atoms with Gasteiger partial charge in [-0.15, -0.1) is 0 Å². The number of aliphatic hydroxyl groups excluding tert-OH is 1. The smallest absolute Gasteiger partial charge is 0.0319 e. The van der Waals surface area contributed by atoms with Gasteiger partial charge in [0.25, 0.3) is 0 Å². The van der Waals surface area contributed by atoms with Crippen molar-refractivity contribution in [2.45, 2.75) is 6.42 Å². The van der Waals surface area contributed by atoms with Crippen molar-refractivity contribution < 1.29 is 10.6 Å². The van der Waals surface area contributed by atoms with Crippen LogP contribution < -0.4 is 5.32 Å². The first kappa shape index (κ1) is 9.99. The molecule has 1 rings (SSSR count). The molecule has 7 heavy (non-hydrogen) atoms. The lowest BCUT2D eigenvalue weighted by Crippen LogP contribution is -2.29. The molecule has 0 saturated carbocycles. The summed E-state index contributed by atoms with van der Waals surface area (Å²) in [6, 6.07) is 0. The SMILES string of the molecule is C1CNC1.CO.O. The molecule has 0 spiro atoms. The summed E-state index contributed by atoms with van der Waals surface area (Å²) in [7, 11) is 1.00. The van der Waals surface area contributed by atoms with Gasteiger partial charge < -0.3 is 15.9 Å². The first-order chi connectivity index (χ1) is 3.00. The molecule has 46 valence electrons. The molecule has 3 nitrogen and oxygen atoms in total. The van der Waals surface area contributed by atoms with Gasteiger partial charge >= 0.3 is 0 Å². The van der Waals surface area contributed by atoms with Gasteiger partial charge in [-0.3, -0.25) is 0 Å². The number of hydrogen-bond donors (Lipinski definition) is 2. The van der Waals surface area contributed by atoms with Gasteiger partial charge in [0.2, 0.25) is 0 Å². The van der Waals surface area contributed by atoms with Gasteiger partial charge in [-0.2, -0.15) is 0 Å². The molecule has 0 unspecified atom stereocenters. The van der Waals surface area contributed by atoms with Crippen LogP contribution in [0.3, 0.4) is 0 Å². The minimum Gasteiger partial charge on any atom is -0.412 e. The van der Waals surface area contributed by atoms with Gasteiger partial charge in [-0.05, 0) is 19.5 Å². The normalized spacial score (nSPS) is 14.6. The van der Waals surface area contributed by atoms with Gasteiger partial charge in [0.05, 0.1) is 0 Å². The average Bonchev–Trinajstić information content (AvgIpc) is 1.36. The Bertz CT molecular complexity index is 17.7. The zero-order valence-corrected chi connectivity index (χ0v) is 4.57. The molecular formula is C4H13NO2. The summed E-state index contributed by atoms with van der Waals surface area (Å²) in [5.74, 6) is 0. The van der Waals surface area contributed by atoms with Crippen LogP contribution in [0.2, 0.25) is 0 Å². The van der Waals surface area contributed by atoms with E-state index in [-0.39, 0.29) is 5.48 Å². The van der Waals surface area contributed by atoms with E-state index in [1.807, 2.05) is 0 Å². The van der Waals surface area contributed by atoms with Gasteiger partial charge in [0, 0.05) is 7.11 Å². The minimum absolute atomic E-state index is 0. The monoisotopic (exact) mass is 107 g/mol. The van der Waals surface area contributed by atoms with Crippen LogP contribution in [0.15, 0.2) is 0 Å². The van der Waals surface area contributed by atoms with Crippen molar-refractivity contribution in [1.82, 2.24) is 5.32 Å². The Morgan fingerprint density at radius 1 is 1.29 bits per heavy atom. The number of nitrogens with one attached hydrogen (secondary N) is 1. The van der Waals surface area contributed by atoms with Crippen LogP contribution in [0.4, 0.5) is 0 Å². The Kier molecular flexibility index (Phi) is 13.3. The quantitative estimate of drug-likeness (QED) is 0.407. The van der Waals surface area contributed by atoms with Crippen molar-refractivity contribution in [3.05, 3.63) is 0 Å². The van der Waals surface area contributed by atoms with E-state index in [1.165, 1.54) is 19.5 Å². The molecule has 0 atom stereocenters. The molecule has 0 aromatic carbocycles. The highest BCUT2D eigenvalue weighted by atomic mass is 16.2. The molecule has 0 aromatic heterocycles. The first-order valence-electron chi connectivity index (χ1n) is 2.15. The maximum Gasteiger partial charge on any atom is 0.0319 e. The third kappa shape index (κ3) is 5.88. The van der Waals surface area contributed by atoms with Crippen molar-refractivity contribution in [3.8, 4) is 0 Å². The largest absolute Gasteiger partial charge is 0.412 e. The van der Waals surface area contributed by atoms with Crippen molar-refractivity contribution >= 4 is 0 Å². The lowest BCUT2D eigenvalue weighted by atomic mass is 10.3. The summed E-state index contributed by atoms with van der Waals surface area (Å²) in [6.07, 6.45) is 1.39. The van der Waals surface area contributed by atoms with E-state index in [4.69, 9.17) is 5.11 Å². The van der Waals surface area contributed by atoms with Crippen molar-refractivity contribution in [2.75, 3.05) is 20.2 Å². The molecule has 0 aromatic rings. The van der Waals surface area contributed by atoms with E-state index in [0.29, 0.717) is 0 Å². The average molecular weight is 107 g/mol. The fourth-order valence-electron chi connectivity index (χ4n) is 0.177. The molecule has 0 amide bonds. The molecule has 1 heterocycles. The van der Waals surface area contributed by atoms with E-state index < -0.39 is 0 Å². The standard InChI is InChI=1S/C3H7N.CH4O.H2O/c1-2-4-3-1;1-2;/h4H,1-3H2;2H,1H3;1H2. The van der Waals surface area contributed by atoms with Crippen LogP contribution >= 0.6 is 0 Å². The van der Waals surface area contributed by atoms with Gasteiger partial charge in [-0.25, -0.2) is 0 Å². The Morgan fingerprint density at radius 2 is 1.43 bits per heavy atom. The van der Waals surface area contributed by atoms with E-state index >= 15 is 0 Å². The Morgan fingerprint density at radius 3 is 1.43 bits per heavy atom. The van der Waals surface area contributed by atoms with Crippen LogP contribution in [0.25, 0.3) is 0 Å². The maximum absolute atomic E-state index is 7.00. The van der Waals surface area contributed by atoms with Crippen LogP contribution in [0, 0.1) is 0 Å². The van der Waals surface area contributed by atoms with E-state index in [0.717, 1.165) is 7.11 Å². The second-order valence-corrected chi connectivity index (χ2v) is 1.10. The van der Waals surface area contributed by atoms with E-state index in [9.17, 15) is 0 Å². The molecule has 1 saturated heterocycles. The van der Waals surface area contributed by atoms with E-state index in [2.05, 4.69) is 5.32 Å². The lowest BCUT2D eigenvalue weighted by Gasteiger charge is -2.09. The zero-order chi connectivity index (χ0) is 4.83. The number of aliphatic hydroxyl groups is 1. The number of hydrogen-bond acceptors (Lipinski definition) is 2. The fraction of sp³-hybridized carbons (Fsp3) is 1.00. The summed E-state index contributed by atoms with van der Waals surface area (Å²) in [4.78, 5) is 0. The third-order valence-electron chi connectivity index (χ3n) is 0.707. The van der Waals surface area contributed by atoms with Crippen LogP contribution in [0.5, 0.6) is 0 Å². The Hall–Kier alpha value is -0.120. The molecule has 0 aliphatic carbocycles. The Balaban J connectivity index is 0. The van der Waals surface area contributed by atoms with Gasteiger partial charge in [0.15, 0.2) is 0 Å². The topological polar surface area (TPSA) is 63.8 Å². The highest BCUT2D eigenvalue weighted by molar-refractivity contribution is 4.56. The molecule has 0 bridgehead atoms. The molecule has 0 radical (unpaired) electrons.